The van der Waals surface area contributed by atoms with E-state index >= 15 is 0 Å². The lowest BCUT2D eigenvalue weighted by Gasteiger charge is -2.43. The van der Waals surface area contributed by atoms with E-state index in [-0.39, 0.29) is 5.41 Å². The third kappa shape index (κ3) is 3.44. The van der Waals surface area contributed by atoms with E-state index in [2.05, 4.69) is 104 Å². The molecule has 0 spiro atoms. The molecule has 3 aromatic rings. The Morgan fingerprint density at radius 1 is 0.889 bits per heavy atom. The minimum absolute atomic E-state index is 0.00877. The maximum absolute atomic E-state index is 3.78. The molecule has 2 atom stereocenters. The van der Waals surface area contributed by atoms with Crippen molar-refractivity contribution in [2.24, 2.45) is 5.92 Å². The van der Waals surface area contributed by atoms with Gasteiger partial charge in [0.25, 0.3) is 0 Å². The molecule has 2 unspecified atom stereocenters. The third-order valence-corrected chi connectivity index (χ3v) is 5.86. The fourth-order valence-corrected chi connectivity index (χ4v) is 4.17. The van der Waals surface area contributed by atoms with Crippen molar-refractivity contribution in [2.45, 2.75) is 38.6 Å². The van der Waals surface area contributed by atoms with Crippen molar-refractivity contribution in [2.75, 3.05) is 10.6 Å². The highest BCUT2D eigenvalue weighted by Gasteiger charge is 2.38. The van der Waals surface area contributed by atoms with Gasteiger partial charge >= 0.3 is 0 Å². The molecule has 0 aromatic heterocycles. The summed E-state index contributed by atoms with van der Waals surface area (Å²) >= 11 is 0. The molecule has 2 heteroatoms. The number of fused-ring (bicyclic) bond motifs is 1. The largest absolute Gasteiger partial charge is 0.382 e. The topological polar surface area (TPSA) is 24.1 Å². The molecule has 0 saturated heterocycles. The van der Waals surface area contributed by atoms with Crippen LogP contribution < -0.4 is 10.6 Å². The van der Waals surface area contributed by atoms with Crippen LogP contribution in [-0.2, 0) is 5.41 Å². The fourth-order valence-electron chi connectivity index (χ4n) is 4.17. The number of hydrogen-bond acceptors (Lipinski definition) is 2. The summed E-state index contributed by atoms with van der Waals surface area (Å²) < 4.78 is 0. The Morgan fingerprint density at radius 3 is 2.22 bits per heavy atom. The Bertz CT molecular complexity index is 902. The molecule has 0 saturated carbocycles. The second-order valence-electron chi connectivity index (χ2n) is 8.15. The molecule has 2 N–H and O–H groups in total. The molecular formula is C25H28N2. The maximum atomic E-state index is 3.78. The van der Waals surface area contributed by atoms with Gasteiger partial charge in [-0.25, -0.2) is 0 Å². The van der Waals surface area contributed by atoms with Crippen molar-refractivity contribution in [3.8, 4) is 0 Å². The summed E-state index contributed by atoms with van der Waals surface area (Å²) in [5.41, 5.74) is 6.24. The van der Waals surface area contributed by atoms with Crippen molar-refractivity contribution in [1.29, 1.82) is 0 Å². The van der Waals surface area contributed by atoms with Crippen LogP contribution in [0.25, 0.3) is 0 Å². The number of anilines is 3. The van der Waals surface area contributed by atoms with Crippen LogP contribution in [0.3, 0.4) is 0 Å². The second kappa shape index (κ2) is 7.11. The van der Waals surface area contributed by atoms with Crippen LogP contribution in [0.15, 0.2) is 78.9 Å². The van der Waals surface area contributed by atoms with Gasteiger partial charge in [0.1, 0.15) is 0 Å². The van der Waals surface area contributed by atoms with E-state index in [1.807, 2.05) is 6.07 Å². The van der Waals surface area contributed by atoms with Crippen LogP contribution in [0.4, 0.5) is 17.1 Å². The van der Waals surface area contributed by atoms with Crippen molar-refractivity contribution in [3.05, 3.63) is 90.0 Å². The summed E-state index contributed by atoms with van der Waals surface area (Å²) in [6.45, 7) is 7.00. The minimum Gasteiger partial charge on any atom is -0.382 e. The second-order valence-corrected chi connectivity index (χ2v) is 8.15. The highest BCUT2D eigenvalue weighted by molar-refractivity contribution is 5.69. The SMILES string of the molecule is CC(C)C1CC(C)(c2ccccc2)c2cc(Nc3ccccc3)ccc2N1. The van der Waals surface area contributed by atoms with E-state index in [1.165, 1.54) is 16.8 Å². The first kappa shape index (κ1) is 17.7. The fraction of sp³-hybridized carbons (Fsp3) is 0.280. The van der Waals surface area contributed by atoms with E-state index in [1.54, 1.807) is 0 Å². The summed E-state index contributed by atoms with van der Waals surface area (Å²) in [6, 6.07) is 28.5. The molecular weight excluding hydrogens is 328 g/mol. The zero-order valence-corrected chi connectivity index (χ0v) is 16.4. The van der Waals surface area contributed by atoms with Crippen molar-refractivity contribution < 1.29 is 0 Å². The molecule has 0 radical (unpaired) electrons. The standard InChI is InChI=1S/C25H28N2/c1-18(2)24-17-25(3,19-10-6-4-7-11-19)22-16-21(14-15-23(22)27-24)26-20-12-8-5-9-13-20/h4-16,18,24,26-27H,17H2,1-3H3. The van der Waals surface area contributed by atoms with Gasteiger partial charge < -0.3 is 10.6 Å². The van der Waals surface area contributed by atoms with Gasteiger partial charge in [0.2, 0.25) is 0 Å². The lowest BCUT2D eigenvalue weighted by molar-refractivity contribution is 0.387. The highest BCUT2D eigenvalue weighted by Crippen LogP contribution is 2.46. The van der Waals surface area contributed by atoms with E-state index < -0.39 is 0 Å². The van der Waals surface area contributed by atoms with Crippen LogP contribution in [-0.4, -0.2) is 6.04 Å². The Balaban J connectivity index is 1.78. The molecule has 0 amide bonds. The smallest absolute Gasteiger partial charge is 0.0388 e. The zero-order chi connectivity index (χ0) is 18.9. The number of nitrogens with one attached hydrogen (secondary N) is 2. The molecule has 3 aromatic carbocycles. The Hall–Kier alpha value is -2.74. The molecule has 138 valence electrons. The van der Waals surface area contributed by atoms with Crippen LogP contribution in [0.1, 0.15) is 38.3 Å². The average Bonchev–Trinajstić information content (AvgIpc) is 2.70. The van der Waals surface area contributed by atoms with Crippen LogP contribution in [0, 0.1) is 5.92 Å². The Labute approximate surface area is 162 Å². The van der Waals surface area contributed by atoms with Gasteiger partial charge in [0.15, 0.2) is 0 Å². The first-order valence-corrected chi connectivity index (χ1v) is 9.85. The summed E-state index contributed by atoms with van der Waals surface area (Å²) in [7, 11) is 0. The van der Waals surface area contributed by atoms with E-state index in [9.17, 15) is 0 Å². The summed E-state index contributed by atoms with van der Waals surface area (Å²) in [6.07, 6.45) is 1.09. The van der Waals surface area contributed by atoms with Gasteiger partial charge in [0.05, 0.1) is 0 Å². The summed E-state index contributed by atoms with van der Waals surface area (Å²) in [4.78, 5) is 0. The first-order valence-electron chi connectivity index (χ1n) is 9.85. The number of rotatable bonds is 4. The summed E-state index contributed by atoms with van der Waals surface area (Å²) in [5.74, 6) is 0.586. The highest BCUT2D eigenvalue weighted by atomic mass is 15.0. The van der Waals surface area contributed by atoms with Gasteiger partial charge in [-0.3, -0.25) is 0 Å². The zero-order valence-electron chi connectivity index (χ0n) is 16.4. The average molecular weight is 357 g/mol. The molecule has 1 aliphatic rings. The lowest BCUT2D eigenvalue weighted by Crippen LogP contribution is -2.41. The quantitative estimate of drug-likeness (QED) is 0.552. The monoisotopic (exact) mass is 356 g/mol. The number of para-hydroxylation sites is 1. The van der Waals surface area contributed by atoms with Gasteiger partial charge in [-0.2, -0.15) is 0 Å². The Morgan fingerprint density at radius 2 is 1.56 bits per heavy atom. The van der Waals surface area contributed by atoms with Crippen LogP contribution in [0.2, 0.25) is 0 Å². The molecule has 0 fully saturated rings. The van der Waals surface area contributed by atoms with Gasteiger partial charge in [-0.05, 0) is 53.8 Å². The van der Waals surface area contributed by atoms with Crippen molar-refractivity contribution in [3.63, 3.8) is 0 Å². The van der Waals surface area contributed by atoms with Crippen LogP contribution in [0.5, 0.6) is 0 Å². The van der Waals surface area contributed by atoms with E-state index in [0.717, 1.165) is 17.8 Å². The van der Waals surface area contributed by atoms with Crippen molar-refractivity contribution in [1.82, 2.24) is 0 Å². The Kier molecular flexibility index (Phi) is 4.65. The third-order valence-electron chi connectivity index (χ3n) is 5.86. The molecule has 4 rings (SSSR count). The molecule has 0 aliphatic carbocycles. The molecule has 2 nitrogen and oxygen atoms in total. The van der Waals surface area contributed by atoms with E-state index in [0.29, 0.717) is 12.0 Å². The molecule has 1 heterocycles. The number of hydrogen-bond donors (Lipinski definition) is 2. The lowest BCUT2D eigenvalue weighted by atomic mass is 9.67. The number of benzene rings is 3. The molecule has 27 heavy (non-hydrogen) atoms. The van der Waals surface area contributed by atoms with Crippen molar-refractivity contribution >= 4 is 17.1 Å². The van der Waals surface area contributed by atoms with E-state index in [4.69, 9.17) is 0 Å². The first-order chi connectivity index (χ1) is 13.1. The van der Waals surface area contributed by atoms with Gasteiger partial charge in [0, 0.05) is 28.5 Å². The van der Waals surface area contributed by atoms with Gasteiger partial charge in [-0.1, -0.05) is 69.3 Å². The predicted octanol–water partition coefficient (Wildman–Crippen LogP) is 6.58. The normalized spacial score (nSPS) is 21.4. The minimum atomic E-state index is -0.00877. The summed E-state index contributed by atoms with van der Waals surface area (Å²) in [5, 5.41) is 7.33. The van der Waals surface area contributed by atoms with Gasteiger partial charge in [-0.15, -0.1) is 0 Å². The molecule has 0 bridgehead atoms. The maximum Gasteiger partial charge on any atom is 0.0388 e. The van der Waals surface area contributed by atoms with Crippen LogP contribution >= 0.6 is 0 Å². The molecule has 1 aliphatic heterocycles. The predicted molar refractivity (Wildman–Crippen MR) is 116 cm³/mol.